The number of hydrogen-bond donors (Lipinski definition) is 0. The molecule has 0 heterocycles. The molecule has 0 aliphatic heterocycles. The summed E-state index contributed by atoms with van der Waals surface area (Å²) in [6, 6.07) is 0. The maximum atomic E-state index is 9.86. The molecule has 0 saturated heterocycles. The Morgan fingerprint density at radius 3 is 2.00 bits per heavy atom. The molecule has 1 fully saturated rings. The molecule has 0 aromatic heterocycles. The van der Waals surface area contributed by atoms with Crippen molar-refractivity contribution >= 4 is 6.08 Å². The van der Waals surface area contributed by atoms with E-state index in [1.54, 1.807) is 6.08 Å². The number of aliphatic imine (C=N–C) groups is 1. The van der Waals surface area contributed by atoms with Crippen LogP contribution in [0.5, 0.6) is 0 Å². The van der Waals surface area contributed by atoms with Crippen molar-refractivity contribution in [3.05, 3.63) is 0 Å². The standard InChI is InChI=1S/C17H31NO/c19-16-18-15-11-6-4-2-1-3-5-8-12-17-13-9-7-10-14-17/h17H,1-15H2. The Kier molecular flexibility index (Phi) is 10.7. The summed E-state index contributed by atoms with van der Waals surface area (Å²) in [7, 11) is 0. The van der Waals surface area contributed by atoms with E-state index >= 15 is 0 Å². The molecule has 1 aliphatic carbocycles. The fourth-order valence-electron chi connectivity index (χ4n) is 3.21. The van der Waals surface area contributed by atoms with Crippen molar-refractivity contribution in [2.75, 3.05) is 6.54 Å². The summed E-state index contributed by atoms with van der Waals surface area (Å²) in [5, 5.41) is 0. The second kappa shape index (κ2) is 12.4. The SMILES string of the molecule is O=C=NCCCCCCCCCCC1CCCCC1. The van der Waals surface area contributed by atoms with E-state index < -0.39 is 0 Å². The van der Waals surface area contributed by atoms with Crippen LogP contribution in [0.25, 0.3) is 0 Å². The molecule has 0 bridgehead atoms. The van der Waals surface area contributed by atoms with Gasteiger partial charge in [0, 0.05) is 0 Å². The molecule has 0 spiro atoms. The fraction of sp³-hybridized carbons (Fsp3) is 0.941. The summed E-state index contributed by atoms with van der Waals surface area (Å²) < 4.78 is 0. The van der Waals surface area contributed by atoms with E-state index in [1.807, 2.05) is 0 Å². The van der Waals surface area contributed by atoms with Crippen molar-refractivity contribution in [1.82, 2.24) is 0 Å². The average Bonchev–Trinajstić information content (AvgIpc) is 2.46. The van der Waals surface area contributed by atoms with Crippen molar-refractivity contribution in [2.24, 2.45) is 10.9 Å². The van der Waals surface area contributed by atoms with E-state index in [0.29, 0.717) is 6.54 Å². The molecule has 1 aliphatic rings. The van der Waals surface area contributed by atoms with Crippen LogP contribution >= 0.6 is 0 Å². The molecule has 2 heteroatoms. The number of carbonyl (C=O) groups excluding carboxylic acids is 1. The van der Waals surface area contributed by atoms with Gasteiger partial charge in [-0.25, -0.2) is 9.79 Å². The Balaban J connectivity index is 1.74. The molecule has 0 amide bonds. The smallest absolute Gasteiger partial charge is 0.211 e. The normalized spacial score (nSPS) is 16.2. The summed E-state index contributed by atoms with van der Waals surface area (Å²) in [5.41, 5.74) is 0. The van der Waals surface area contributed by atoms with Crippen molar-refractivity contribution in [3.8, 4) is 0 Å². The molecule has 0 N–H and O–H groups in total. The Bertz CT molecular complexity index is 240. The summed E-state index contributed by atoms with van der Waals surface area (Å²) >= 11 is 0. The maximum Gasteiger partial charge on any atom is 0.234 e. The van der Waals surface area contributed by atoms with Crippen LogP contribution in [0, 0.1) is 5.92 Å². The van der Waals surface area contributed by atoms with Gasteiger partial charge in [-0.1, -0.05) is 83.5 Å². The monoisotopic (exact) mass is 265 g/mol. The lowest BCUT2D eigenvalue weighted by atomic mass is 9.85. The van der Waals surface area contributed by atoms with Crippen LogP contribution in [0.2, 0.25) is 0 Å². The maximum absolute atomic E-state index is 9.86. The summed E-state index contributed by atoms with van der Waals surface area (Å²) in [5.74, 6) is 1.06. The van der Waals surface area contributed by atoms with Crippen molar-refractivity contribution in [1.29, 1.82) is 0 Å². The molecule has 1 rings (SSSR count). The first-order chi connectivity index (χ1) is 9.43. The minimum Gasteiger partial charge on any atom is -0.211 e. The lowest BCUT2D eigenvalue weighted by Gasteiger charge is -2.21. The lowest BCUT2D eigenvalue weighted by Crippen LogP contribution is -2.05. The number of isocyanates is 1. The second-order valence-electron chi connectivity index (χ2n) is 6.09. The van der Waals surface area contributed by atoms with Crippen LogP contribution in [0.3, 0.4) is 0 Å². The first-order valence-electron chi connectivity index (χ1n) is 8.47. The first-order valence-corrected chi connectivity index (χ1v) is 8.47. The second-order valence-corrected chi connectivity index (χ2v) is 6.09. The highest BCUT2D eigenvalue weighted by Gasteiger charge is 2.12. The van der Waals surface area contributed by atoms with Crippen LogP contribution in [-0.2, 0) is 4.79 Å². The average molecular weight is 265 g/mol. The zero-order chi connectivity index (χ0) is 13.6. The third kappa shape index (κ3) is 9.90. The molecule has 0 aromatic rings. The lowest BCUT2D eigenvalue weighted by molar-refractivity contribution is 0.328. The van der Waals surface area contributed by atoms with Gasteiger partial charge in [0.2, 0.25) is 6.08 Å². The predicted octanol–water partition coefficient (Wildman–Crippen LogP) is 5.41. The Labute approximate surface area is 119 Å². The van der Waals surface area contributed by atoms with E-state index in [4.69, 9.17) is 0 Å². The van der Waals surface area contributed by atoms with Gasteiger partial charge in [0.05, 0.1) is 6.54 Å². The van der Waals surface area contributed by atoms with E-state index in [-0.39, 0.29) is 0 Å². The molecule has 2 nitrogen and oxygen atoms in total. The predicted molar refractivity (Wildman–Crippen MR) is 81.1 cm³/mol. The Hall–Kier alpha value is -0.620. The van der Waals surface area contributed by atoms with Crippen LogP contribution in [0.1, 0.15) is 89.9 Å². The van der Waals surface area contributed by atoms with E-state index in [9.17, 15) is 4.79 Å². The van der Waals surface area contributed by atoms with E-state index in [1.165, 1.54) is 83.5 Å². The highest BCUT2D eigenvalue weighted by Crippen LogP contribution is 2.28. The zero-order valence-corrected chi connectivity index (χ0v) is 12.5. The Morgan fingerprint density at radius 1 is 0.789 bits per heavy atom. The molecular formula is C17H31NO. The molecule has 0 radical (unpaired) electrons. The minimum atomic E-state index is 0.672. The summed E-state index contributed by atoms with van der Waals surface area (Å²) in [4.78, 5) is 13.4. The summed E-state index contributed by atoms with van der Waals surface area (Å²) in [6.45, 7) is 0.672. The topological polar surface area (TPSA) is 29.4 Å². The van der Waals surface area contributed by atoms with Crippen molar-refractivity contribution < 1.29 is 4.79 Å². The third-order valence-electron chi connectivity index (χ3n) is 4.42. The fourth-order valence-corrected chi connectivity index (χ4v) is 3.21. The van der Waals surface area contributed by atoms with Gasteiger partial charge in [0.1, 0.15) is 0 Å². The molecule has 0 atom stereocenters. The number of nitrogens with zero attached hydrogens (tertiary/aromatic N) is 1. The van der Waals surface area contributed by atoms with Gasteiger partial charge in [-0.2, -0.15) is 0 Å². The van der Waals surface area contributed by atoms with Gasteiger partial charge in [-0.3, -0.25) is 0 Å². The molecule has 0 aromatic carbocycles. The largest absolute Gasteiger partial charge is 0.234 e. The highest BCUT2D eigenvalue weighted by molar-refractivity contribution is 5.32. The molecule has 110 valence electrons. The van der Waals surface area contributed by atoms with E-state index in [2.05, 4.69) is 4.99 Å². The quantitative estimate of drug-likeness (QED) is 0.279. The molecule has 19 heavy (non-hydrogen) atoms. The van der Waals surface area contributed by atoms with E-state index in [0.717, 1.165) is 12.3 Å². The highest BCUT2D eigenvalue weighted by atomic mass is 16.1. The Morgan fingerprint density at radius 2 is 1.37 bits per heavy atom. The zero-order valence-electron chi connectivity index (χ0n) is 12.5. The first kappa shape index (κ1) is 16.4. The number of hydrogen-bond acceptors (Lipinski definition) is 2. The van der Waals surface area contributed by atoms with Gasteiger partial charge < -0.3 is 0 Å². The molecule has 1 saturated carbocycles. The van der Waals surface area contributed by atoms with Gasteiger partial charge >= 0.3 is 0 Å². The van der Waals surface area contributed by atoms with Gasteiger partial charge in [0.25, 0.3) is 0 Å². The van der Waals surface area contributed by atoms with Crippen molar-refractivity contribution in [2.45, 2.75) is 89.9 Å². The number of unbranched alkanes of at least 4 members (excludes halogenated alkanes) is 7. The van der Waals surface area contributed by atoms with Crippen LogP contribution in [0.15, 0.2) is 4.99 Å². The van der Waals surface area contributed by atoms with Gasteiger partial charge in [-0.15, -0.1) is 0 Å². The minimum absolute atomic E-state index is 0.672. The third-order valence-corrected chi connectivity index (χ3v) is 4.42. The number of rotatable bonds is 11. The van der Waals surface area contributed by atoms with Crippen LogP contribution in [0.4, 0.5) is 0 Å². The van der Waals surface area contributed by atoms with Crippen LogP contribution in [-0.4, -0.2) is 12.6 Å². The van der Waals surface area contributed by atoms with Crippen LogP contribution < -0.4 is 0 Å². The molecule has 0 unspecified atom stereocenters. The summed E-state index contributed by atoms with van der Waals surface area (Å²) in [6.07, 6.45) is 21.2. The van der Waals surface area contributed by atoms with Gasteiger partial charge in [0.15, 0.2) is 0 Å². The van der Waals surface area contributed by atoms with Crippen molar-refractivity contribution in [3.63, 3.8) is 0 Å². The molecular weight excluding hydrogens is 234 g/mol. The van der Waals surface area contributed by atoms with Gasteiger partial charge in [-0.05, 0) is 12.3 Å².